The zero-order chi connectivity index (χ0) is 11.0. The van der Waals surface area contributed by atoms with Crippen LogP contribution in [-0.4, -0.2) is 18.5 Å². The van der Waals surface area contributed by atoms with Crippen LogP contribution in [-0.2, 0) is 4.79 Å². The Morgan fingerprint density at radius 3 is 2.20 bits per heavy atom. The average molecular weight is 237 g/mol. The first-order valence-electron chi connectivity index (χ1n) is 5.68. The highest BCUT2D eigenvalue weighted by molar-refractivity contribution is 5.85. The van der Waals surface area contributed by atoms with Crippen molar-refractivity contribution in [3.63, 3.8) is 0 Å². The summed E-state index contributed by atoms with van der Waals surface area (Å²) in [5.41, 5.74) is 5.68. The second-order valence-corrected chi connectivity index (χ2v) is 3.82. The molecule has 4 heteroatoms. The van der Waals surface area contributed by atoms with Crippen molar-refractivity contribution in [2.45, 2.75) is 52.5 Å². The summed E-state index contributed by atoms with van der Waals surface area (Å²) in [5.74, 6) is 0.589. The summed E-state index contributed by atoms with van der Waals surface area (Å²) in [6.45, 7) is 7.09. The number of hydrogen-bond donors (Lipinski definition) is 2. The summed E-state index contributed by atoms with van der Waals surface area (Å²) < 4.78 is 0. The van der Waals surface area contributed by atoms with Crippen LogP contribution in [0.1, 0.15) is 46.5 Å². The summed E-state index contributed by atoms with van der Waals surface area (Å²) in [6, 6.07) is -0.325. The van der Waals surface area contributed by atoms with Gasteiger partial charge >= 0.3 is 0 Å². The Labute approximate surface area is 99.6 Å². The molecule has 0 bridgehead atoms. The number of amides is 1. The lowest BCUT2D eigenvalue weighted by Crippen LogP contribution is -2.42. The van der Waals surface area contributed by atoms with E-state index in [9.17, 15) is 4.79 Å². The number of hydrogen-bond acceptors (Lipinski definition) is 2. The molecule has 0 aliphatic rings. The van der Waals surface area contributed by atoms with Crippen LogP contribution >= 0.6 is 12.4 Å². The van der Waals surface area contributed by atoms with Gasteiger partial charge < -0.3 is 11.1 Å². The number of carbonyl (C=O) groups is 1. The SMILES string of the molecule is CCCC(N)C(=O)NCC(CC)CC.Cl. The molecule has 0 saturated heterocycles. The molecule has 0 heterocycles. The fourth-order valence-electron chi connectivity index (χ4n) is 1.40. The predicted octanol–water partition coefficient (Wildman–Crippen LogP) is 2.09. The first kappa shape index (κ1) is 17.1. The van der Waals surface area contributed by atoms with Crippen LogP contribution < -0.4 is 11.1 Å². The van der Waals surface area contributed by atoms with Crippen LogP contribution in [0.5, 0.6) is 0 Å². The van der Waals surface area contributed by atoms with Crippen molar-refractivity contribution in [3.8, 4) is 0 Å². The van der Waals surface area contributed by atoms with Crippen molar-refractivity contribution >= 4 is 18.3 Å². The normalized spacial score (nSPS) is 12.1. The molecular weight excluding hydrogens is 212 g/mol. The van der Waals surface area contributed by atoms with Gasteiger partial charge in [-0.3, -0.25) is 4.79 Å². The number of halogens is 1. The molecule has 0 aliphatic heterocycles. The Morgan fingerprint density at radius 1 is 1.27 bits per heavy atom. The van der Waals surface area contributed by atoms with E-state index < -0.39 is 0 Å². The van der Waals surface area contributed by atoms with Gasteiger partial charge in [-0.05, 0) is 12.3 Å². The van der Waals surface area contributed by atoms with Gasteiger partial charge in [0.15, 0.2) is 0 Å². The highest BCUT2D eigenvalue weighted by Crippen LogP contribution is 2.05. The molecule has 92 valence electrons. The van der Waals surface area contributed by atoms with E-state index in [0.29, 0.717) is 5.92 Å². The summed E-state index contributed by atoms with van der Waals surface area (Å²) >= 11 is 0. The molecule has 3 N–H and O–H groups in total. The molecular formula is C11H25ClN2O. The van der Waals surface area contributed by atoms with Gasteiger partial charge in [0.2, 0.25) is 5.91 Å². The van der Waals surface area contributed by atoms with E-state index in [-0.39, 0.29) is 24.4 Å². The molecule has 0 aliphatic carbocycles. The second-order valence-electron chi connectivity index (χ2n) is 3.82. The second kappa shape index (κ2) is 10.2. The van der Waals surface area contributed by atoms with Crippen molar-refractivity contribution in [1.82, 2.24) is 5.32 Å². The first-order valence-corrected chi connectivity index (χ1v) is 5.68. The molecule has 3 nitrogen and oxygen atoms in total. The predicted molar refractivity (Wildman–Crippen MR) is 67.2 cm³/mol. The van der Waals surface area contributed by atoms with Crippen molar-refractivity contribution in [3.05, 3.63) is 0 Å². The molecule has 1 unspecified atom stereocenters. The van der Waals surface area contributed by atoms with Gasteiger partial charge in [0.25, 0.3) is 0 Å². The number of rotatable bonds is 7. The topological polar surface area (TPSA) is 55.1 Å². The Balaban J connectivity index is 0. The molecule has 15 heavy (non-hydrogen) atoms. The summed E-state index contributed by atoms with van der Waals surface area (Å²) in [4.78, 5) is 11.4. The molecule has 0 radical (unpaired) electrons. The summed E-state index contributed by atoms with van der Waals surface area (Å²) in [7, 11) is 0. The first-order chi connectivity index (χ1) is 6.65. The smallest absolute Gasteiger partial charge is 0.236 e. The molecule has 1 atom stereocenters. The zero-order valence-electron chi connectivity index (χ0n) is 10.1. The molecule has 0 aromatic carbocycles. The van der Waals surface area contributed by atoms with E-state index >= 15 is 0 Å². The maximum absolute atomic E-state index is 11.4. The fraction of sp³-hybridized carbons (Fsp3) is 0.909. The highest BCUT2D eigenvalue weighted by atomic mass is 35.5. The Morgan fingerprint density at radius 2 is 1.80 bits per heavy atom. The maximum atomic E-state index is 11.4. The lowest BCUT2D eigenvalue weighted by molar-refractivity contribution is -0.122. The van der Waals surface area contributed by atoms with Crippen LogP contribution in [0.4, 0.5) is 0 Å². The van der Waals surface area contributed by atoms with Gasteiger partial charge in [-0.25, -0.2) is 0 Å². The molecule has 0 fully saturated rings. The van der Waals surface area contributed by atoms with Gasteiger partial charge in [0.05, 0.1) is 6.04 Å². The van der Waals surface area contributed by atoms with E-state index in [1.807, 2.05) is 6.92 Å². The number of nitrogens with two attached hydrogens (primary N) is 1. The molecule has 0 aromatic heterocycles. The third-order valence-corrected chi connectivity index (χ3v) is 2.66. The quantitative estimate of drug-likeness (QED) is 0.711. The standard InChI is InChI=1S/C11H24N2O.ClH/c1-4-7-10(12)11(14)13-8-9(5-2)6-3;/h9-10H,4-8,12H2,1-3H3,(H,13,14);1H. The molecule has 1 amide bonds. The van der Waals surface area contributed by atoms with Crippen molar-refractivity contribution in [2.75, 3.05) is 6.54 Å². The van der Waals surface area contributed by atoms with Gasteiger partial charge in [0, 0.05) is 6.54 Å². The number of carbonyl (C=O) groups excluding carboxylic acids is 1. The van der Waals surface area contributed by atoms with Crippen LogP contribution in [0.15, 0.2) is 0 Å². The lowest BCUT2D eigenvalue weighted by Gasteiger charge is -2.15. The zero-order valence-corrected chi connectivity index (χ0v) is 10.9. The third kappa shape index (κ3) is 7.63. The van der Waals surface area contributed by atoms with Crippen molar-refractivity contribution in [2.24, 2.45) is 11.7 Å². The van der Waals surface area contributed by atoms with E-state index in [0.717, 1.165) is 32.2 Å². The minimum absolute atomic E-state index is 0. The molecule has 0 saturated carbocycles. The third-order valence-electron chi connectivity index (χ3n) is 2.66. The van der Waals surface area contributed by atoms with Crippen LogP contribution in [0, 0.1) is 5.92 Å². The molecule has 0 rings (SSSR count). The largest absolute Gasteiger partial charge is 0.354 e. The van der Waals surface area contributed by atoms with E-state index in [2.05, 4.69) is 19.2 Å². The average Bonchev–Trinajstić information content (AvgIpc) is 2.19. The Hall–Kier alpha value is -0.280. The molecule has 0 aromatic rings. The summed E-state index contributed by atoms with van der Waals surface area (Å²) in [5, 5.41) is 2.91. The van der Waals surface area contributed by atoms with E-state index in [1.165, 1.54) is 0 Å². The van der Waals surface area contributed by atoms with E-state index in [4.69, 9.17) is 5.73 Å². The minimum atomic E-state index is -0.325. The van der Waals surface area contributed by atoms with Crippen molar-refractivity contribution < 1.29 is 4.79 Å². The number of nitrogens with one attached hydrogen (secondary N) is 1. The van der Waals surface area contributed by atoms with Crippen LogP contribution in [0.2, 0.25) is 0 Å². The van der Waals surface area contributed by atoms with Gasteiger partial charge in [-0.15, -0.1) is 12.4 Å². The van der Waals surface area contributed by atoms with Gasteiger partial charge in [0.1, 0.15) is 0 Å². The van der Waals surface area contributed by atoms with Crippen LogP contribution in [0.3, 0.4) is 0 Å². The maximum Gasteiger partial charge on any atom is 0.236 e. The lowest BCUT2D eigenvalue weighted by atomic mass is 10.0. The van der Waals surface area contributed by atoms with Gasteiger partial charge in [-0.2, -0.15) is 0 Å². The monoisotopic (exact) mass is 236 g/mol. The van der Waals surface area contributed by atoms with Crippen molar-refractivity contribution in [1.29, 1.82) is 0 Å². The minimum Gasteiger partial charge on any atom is -0.354 e. The fourth-order valence-corrected chi connectivity index (χ4v) is 1.40. The van der Waals surface area contributed by atoms with E-state index in [1.54, 1.807) is 0 Å². The van der Waals surface area contributed by atoms with Gasteiger partial charge in [-0.1, -0.05) is 40.0 Å². The highest BCUT2D eigenvalue weighted by Gasteiger charge is 2.12. The Bertz CT molecular complexity index is 161. The Kier molecular flexibility index (Phi) is 11.7. The summed E-state index contributed by atoms with van der Waals surface area (Å²) in [6.07, 6.45) is 3.95. The molecule has 0 spiro atoms. The van der Waals surface area contributed by atoms with Crippen LogP contribution in [0.25, 0.3) is 0 Å².